The predicted octanol–water partition coefficient (Wildman–Crippen LogP) is 2.47. The Kier molecular flexibility index (Phi) is 4.11. The molecule has 24 heavy (non-hydrogen) atoms. The number of carbonyl (C=O) groups is 1. The molecule has 0 unspecified atom stereocenters. The van der Waals surface area contributed by atoms with Gasteiger partial charge in [0.2, 0.25) is 5.88 Å². The number of hydrogen-bond acceptors (Lipinski definition) is 6. The summed E-state index contributed by atoms with van der Waals surface area (Å²) < 4.78 is 12.2. The number of aromatic carboxylic acids is 1. The van der Waals surface area contributed by atoms with Gasteiger partial charge in [-0.15, -0.1) is 0 Å². The van der Waals surface area contributed by atoms with Crippen molar-refractivity contribution >= 4 is 5.97 Å². The molecular weight excluding hydrogens is 312 g/mol. The SMILES string of the molecule is COc1ccc(Oc2cc(-n3ncc(C(=O)O)c3C)ncn2)cc1. The maximum atomic E-state index is 11.1. The summed E-state index contributed by atoms with van der Waals surface area (Å²) in [5.74, 6) is 1.00. The Labute approximate surface area is 137 Å². The molecule has 3 rings (SSSR count). The lowest BCUT2D eigenvalue weighted by atomic mass is 10.3. The van der Waals surface area contributed by atoms with E-state index in [9.17, 15) is 4.79 Å². The molecular formula is C16H14N4O4. The molecule has 122 valence electrons. The molecule has 1 aromatic carbocycles. The molecule has 0 aliphatic heterocycles. The first kappa shape index (κ1) is 15.5. The zero-order valence-corrected chi connectivity index (χ0v) is 13.0. The number of hydrogen-bond donors (Lipinski definition) is 1. The van der Waals surface area contributed by atoms with Crippen LogP contribution in [0.4, 0.5) is 0 Å². The van der Waals surface area contributed by atoms with Gasteiger partial charge in [-0.1, -0.05) is 0 Å². The molecule has 2 heterocycles. The fourth-order valence-electron chi connectivity index (χ4n) is 2.12. The Morgan fingerprint density at radius 2 is 1.88 bits per heavy atom. The van der Waals surface area contributed by atoms with E-state index >= 15 is 0 Å². The highest BCUT2D eigenvalue weighted by Gasteiger charge is 2.15. The van der Waals surface area contributed by atoms with Gasteiger partial charge in [0.1, 0.15) is 23.4 Å². The summed E-state index contributed by atoms with van der Waals surface area (Å²) in [7, 11) is 1.59. The Morgan fingerprint density at radius 3 is 2.50 bits per heavy atom. The monoisotopic (exact) mass is 326 g/mol. The van der Waals surface area contributed by atoms with Gasteiger partial charge in [-0.25, -0.2) is 19.4 Å². The second kappa shape index (κ2) is 6.37. The van der Waals surface area contributed by atoms with Crippen molar-refractivity contribution in [2.45, 2.75) is 6.92 Å². The lowest BCUT2D eigenvalue weighted by molar-refractivity contribution is 0.0696. The molecule has 0 radical (unpaired) electrons. The van der Waals surface area contributed by atoms with Crippen LogP contribution in [-0.4, -0.2) is 37.9 Å². The zero-order chi connectivity index (χ0) is 17.1. The molecule has 0 saturated carbocycles. The van der Waals surface area contributed by atoms with Crippen molar-refractivity contribution in [3.8, 4) is 23.2 Å². The fourth-order valence-corrected chi connectivity index (χ4v) is 2.12. The van der Waals surface area contributed by atoms with Crippen LogP contribution in [0.2, 0.25) is 0 Å². The first-order chi connectivity index (χ1) is 11.6. The van der Waals surface area contributed by atoms with Crippen molar-refractivity contribution in [1.29, 1.82) is 0 Å². The Hall–Kier alpha value is -3.42. The number of benzene rings is 1. The third-order valence-electron chi connectivity index (χ3n) is 3.37. The smallest absolute Gasteiger partial charge is 0.339 e. The summed E-state index contributed by atoms with van der Waals surface area (Å²) in [5.41, 5.74) is 0.586. The van der Waals surface area contributed by atoms with Crippen molar-refractivity contribution < 1.29 is 19.4 Å². The van der Waals surface area contributed by atoms with Crippen molar-refractivity contribution in [2.75, 3.05) is 7.11 Å². The van der Waals surface area contributed by atoms with Crippen molar-refractivity contribution in [3.63, 3.8) is 0 Å². The molecule has 0 atom stereocenters. The number of methoxy groups -OCH3 is 1. The predicted molar refractivity (Wildman–Crippen MR) is 83.9 cm³/mol. The van der Waals surface area contributed by atoms with Crippen LogP contribution >= 0.6 is 0 Å². The summed E-state index contributed by atoms with van der Waals surface area (Å²) in [4.78, 5) is 19.3. The topological polar surface area (TPSA) is 99.4 Å². The zero-order valence-electron chi connectivity index (χ0n) is 13.0. The van der Waals surface area contributed by atoms with Gasteiger partial charge in [-0.05, 0) is 31.2 Å². The number of rotatable bonds is 5. The average Bonchev–Trinajstić information content (AvgIpc) is 2.97. The highest BCUT2D eigenvalue weighted by Crippen LogP contribution is 2.23. The van der Waals surface area contributed by atoms with Gasteiger partial charge in [-0.2, -0.15) is 5.10 Å². The van der Waals surface area contributed by atoms with Crippen LogP contribution in [0.5, 0.6) is 17.4 Å². The van der Waals surface area contributed by atoms with Gasteiger partial charge < -0.3 is 14.6 Å². The number of carboxylic acids is 1. The van der Waals surface area contributed by atoms with Gasteiger partial charge in [0.25, 0.3) is 0 Å². The van der Waals surface area contributed by atoms with Crippen LogP contribution in [0.15, 0.2) is 42.9 Å². The first-order valence-corrected chi connectivity index (χ1v) is 7.00. The first-order valence-electron chi connectivity index (χ1n) is 7.00. The highest BCUT2D eigenvalue weighted by atomic mass is 16.5. The third-order valence-corrected chi connectivity index (χ3v) is 3.37. The van der Waals surface area contributed by atoms with Crippen LogP contribution in [0.25, 0.3) is 5.82 Å². The van der Waals surface area contributed by atoms with Crippen molar-refractivity contribution in [3.05, 3.63) is 54.1 Å². The minimum atomic E-state index is -1.04. The molecule has 3 aromatic rings. The van der Waals surface area contributed by atoms with Gasteiger partial charge >= 0.3 is 5.97 Å². The maximum absolute atomic E-state index is 11.1. The molecule has 1 N–H and O–H groups in total. The van der Waals surface area contributed by atoms with Gasteiger partial charge in [0.15, 0.2) is 5.82 Å². The molecule has 0 amide bonds. The van der Waals surface area contributed by atoms with Crippen LogP contribution in [-0.2, 0) is 0 Å². The number of carboxylic acid groups (broad SMARTS) is 1. The van der Waals surface area contributed by atoms with E-state index in [0.717, 1.165) is 5.75 Å². The number of aromatic nitrogens is 4. The second-order valence-corrected chi connectivity index (χ2v) is 4.85. The highest BCUT2D eigenvalue weighted by molar-refractivity contribution is 5.88. The number of nitrogens with zero attached hydrogens (tertiary/aromatic N) is 4. The van der Waals surface area contributed by atoms with E-state index in [1.54, 1.807) is 44.4 Å². The molecule has 8 heteroatoms. The van der Waals surface area contributed by atoms with E-state index < -0.39 is 5.97 Å². The van der Waals surface area contributed by atoms with E-state index in [1.807, 2.05) is 0 Å². The molecule has 2 aromatic heterocycles. The summed E-state index contributed by atoms with van der Waals surface area (Å²) in [5, 5.41) is 13.1. The molecule has 0 aliphatic rings. The molecule has 0 saturated heterocycles. The second-order valence-electron chi connectivity index (χ2n) is 4.85. The van der Waals surface area contributed by atoms with Gasteiger partial charge in [-0.3, -0.25) is 0 Å². The van der Waals surface area contributed by atoms with Crippen LogP contribution in [0.3, 0.4) is 0 Å². The third kappa shape index (κ3) is 3.02. The molecule has 0 spiro atoms. The van der Waals surface area contributed by atoms with E-state index in [4.69, 9.17) is 14.6 Å². The number of ether oxygens (including phenoxy) is 2. The van der Waals surface area contributed by atoms with Gasteiger partial charge in [0, 0.05) is 6.07 Å². The summed E-state index contributed by atoms with van der Waals surface area (Å²) >= 11 is 0. The summed E-state index contributed by atoms with van der Waals surface area (Å²) in [6.07, 6.45) is 2.61. The lowest BCUT2D eigenvalue weighted by Gasteiger charge is -2.08. The normalized spacial score (nSPS) is 10.4. The lowest BCUT2D eigenvalue weighted by Crippen LogP contribution is -2.05. The maximum Gasteiger partial charge on any atom is 0.339 e. The van der Waals surface area contributed by atoms with E-state index in [1.165, 1.54) is 17.2 Å². The Morgan fingerprint density at radius 1 is 1.17 bits per heavy atom. The minimum Gasteiger partial charge on any atom is -0.497 e. The molecule has 8 nitrogen and oxygen atoms in total. The fraction of sp³-hybridized carbons (Fsp3) is 0.125. The van der Waals surface area contributed by atoms with Crippen LogP contribution in [0.1, 0.15) is 16.1 Å². The molecule has 0 bridgehead atoms. The van der Waals surface area contributed by atoms with E-state index in [0.29, 0.717) is 23.1 Å². The molecule has 0 aliphatic carbocycles. The molecule has 0 fully saturated rings. The standard InChI is InChI=1S/C16H14N4O4/c1-10-13(16(21)22)8-19-20(10)14-7-15(18-9-17-14)24-12-5-3-11(23-2)4-6-12/h3-9H,1-2H3,(H,21,22). The summed E-state index contributed by atoms with van der Waals surface area (Å²) in [6, 6.07) is 8.63. The van der Waals surface area contributed by atoms with Crippen molar-refractivity contribution in [2.24, 2.45) is 0 Å². The van der Waals surface area contributed by atoms with Gasteiger partial charge in [0.05, 0.1) is 19.0 Å². The van der Waals surface area contributed by atoms with E-state index in [2.05, 4.69) is 15.1 Å². The Bertz CT molecular complexity index is 874. The largest absolute Gasteiger partial charge is 0.497 e. The van der Waals surface area contributed by atoms with Crippen molar-refractivity contribution in [1.82, 2.24) is 19.7 Å². The minimum absolute atomic E-state index is 0.117. The Balaban J connectivity index is 1.87. The van der Waals surface area contributed by atoms with Crippen LogP contribution < -0.4 is 9.47 Å². The van der Waals surface area contributed by atoms with Crippen LogP contribution in [0, 0.1) is 6.92 Å². The van der Waals surface area contributed by atoms with E-state index in [-0.39, 0.29) is 5.56 Å². The average molecular weight is 326 g/mol. The quantitative estimate of drug-likeness (QED) is 0.768. The summed E-state index contributed by atoms with van der Waals surface area (Å²) in [6.45, 7) is 1.66.